The van der Waals surface area contributed by atoms with E-state index in [2.05, 4.69) is 0 Å². The molecule has 2 aromatic rings. The maximum atomic E-state index is 12.8. The maximum absolute atomic E-state index is 12.8. The molecule has 0 fully saturated rings. The lowest BCUT2D eigenvalue weighted by molar-refractivity contribution is -0.143. The summed E-state index contributed by atoms with van der Waals surface area (Å²) in [5.41, 5.74) is -1.54. The van der Waals surface area contributed by atoms with E-state index in [0.717, 1.165) is 0 Å². The Morgan fingerprint density at radius 2 is 1.30 bits per heavy atom. The smallest absolute Gasteiger partial charge is 0.392 e. The molecular formula is C16H12F6O. The molecule has 2 rings (SSSR count). The van der Waals surface area contributed by atoms with E-state index < -0.39 is 23.5 Å². The van der Waals surface area contributed by atoms with E-state index in [4.69, 9.17) is 5.11 Å². The van der Waals surface area contributed by atoms with Gasteiger partial charge in [-0.2, -0.15) is 26.3 Å². The summed E-state index contributed by atoms with van der Waals surface area (Å²) in [7, 11) is 0. The van der Waals surface area contributed by atoms with Crippen LogP contribution in [0.4, 0.5) is 26.3 Å². The summed E-state index contributed by atoms with van der Waals surface area (Å²) in [5, 5.41) is 9.08. The number of benzene rings is 2. The molecule has 0 radical (unpaired) electrons. The molecule has 23 heavy (non-hydrogen) atoms. The van der Waals surface area contributed by atoms with Gasteiger partial charge in [-0.05, 0) is 47.4 Å². The number of aliphatic hydroxyl groups excluding tert-OH is 1. The van der Waals surface area contributed by atoms with Gasteiger partial charge in [-0.25, -0.2) is 0 Å². The zero-order valence-corrected chi connectivity index (χ0v) is 11.9. The number of aryl methyl sites for hydroxylation is 1. The van der Waals surface area contributed by atoms with Crippen LogP contribution in [0.15, 0.2) is 36.4 Å². The van der Waals surface area contributed by atoms with Crippen molar-refractivity contribution in [3.05, 3.63) is 58.7 Å². The zero-order chi connectivity index (χ0) is 17.4. The second-order valence-corrected chi connectivity index (χ2v) is 5.09. The van der Waals surface area contributed by atoms with Gasteiger partial charge in [0.05, 0.1) is 17.7 Å². The number of halogens is 6. The van der Waals surface area contributed by atoms with Crippen LogP contribution < -0.4 is 0 Å². The average Bonchev–Trinajstić information content (AvgIpc) is 2.45. The molecule has 1 nitrogen and oxygen atoms in total. The second kappa shape index (κ2) is 5.88. The van der Waals surface area contributed by atoms with Crippen LogP contribution in [0, 0.1) is 6.92 Å². The summed E-state index contributed by atoms with van der Waals surface area (Å²) in [6, 6.07) is 5.76. The highest BCUT2D eigenvalue weighted by molar-refractivity contribution is 5.67. The summed E-state index contributed by atoms with van der Waals surface area (Å²) in [5.74, 6) is 0. The Morgan fingerprint density at radius 3 is 1.70 bits per heavy atom. The average molecular weight is 334 g/mol. The van der Waals surface area contributed by atoms with Crippen molar-refractivity contribution >= 4 is 0 Å². The summed E-state index contributed by atoms with van der Waals surface area (Å²) in [6.45, 7) is 1.36. The van der Waals surface area contributed by atoms with Gasteiger partial charge in [0.2, 0.25) is 0 Å². The van der Waals surface area contributed by atoms with Gasteiger partial charge in [-0.15, -0.1) is 0 Å². The molecule has 0 aromatic heterocycles. The lowest BCUT2D eigenvalue weighted by Gasteiger charge is -2.15. The molecule has 0 amide bonds. The topological polar surface area (TPSA) is 20.2 Å². The van der Waals surface area contributed by atoms with Crippen molar-refractivity contribution in [1.29, 1.82) is 0 Å². The minimum Gasteiger partial charge on any atom is -0.392 e. The van der Waals surface area contributed by atoms with Crippen LogP contribution >= 0.6 is 0 Å². The number of alkyl halides is 6. The standard InChI is InChI=1S/C16H12F6O/c1-9-4-10(2-3-11(9)8-23)12-5-13(15(17,18)19)7-14(6-12)16(20,21)22/h2-7,23H,8H2,1H3. The summed E-state index contributed by atoms with van der Waals surface area (Å²) < 4.78 is 77.1. The Hall–Kier alpha value is -2.02. The van der Waals surface area contributed by atoms with Gasteiger partial charge in [0.1, 0.15) is 0 Å². The molecule has 0 unspecified atom stereocenters. The van der Waals surface area contributed by atoms with Gasteiger partial charge in [-0.1, -0.05) is 18.2 Å². The van der Waals surface area contributed by atoms with Gasteiger partial charge in [0.25, 0.3) is 0 Å². The fraction of sp³-hybridized carbons (Fsp3) is 0.250. The van der Waals surface area contributed by atoms with Crippen LogP contribution in [-0.4, -0.2) is 5.11 Å². The van der Waals surface area contributed by atoms with Crippen LogP contribution in [-0.2, 0) is 19.0 Å². The van der Waals surface area contributed by atoms with E-state index in [1.54, 1.807) is 6.92 Å². The van der Waals surface area contributed by atoms with Crippen LogP contribution in [0.25, 0.3) is 11.1 Å². The fourth-order valence-corrected chi connectivity index (χ4v) is 2.17. The quantitative estimate of drug-likeness (QED) is 0.749. The SMILES string of the molecule is Cc1cc(-c2cc(C(F)(F)F)cc(C(F)(F)F)c2)ccc1CO. The monoisotopic (exact) mass is 334 g/mol. The normalized spacial score (nSPS) is 12.5. The van der Waals surface area contributed by atoms with Crippen molar-refractivity contribution in [3.63, 3.8) is 0 Å². The first-order valence-electron chi connectivity index (χ1n) is 6.52. The van der Waals surface area contributed by atoms with Crippen molar-refractivity contribution in [2.45, 2.75) is 25.9 Å². The summed E-state index contributed by atoms with van der Waals surface area (Å²) >= 11 is 0. The maximum Gasteiger partial charge on any atom is 0.416 e. The molecule has 0 saturated carbocycles. The van der Waals surface area contributed by atoms with Gasteiger partial charge in [0, 0.05) is 0 Å². The lowest BCUT2D eigenvalue weighted by Crippen LogP contribution is -2.11. The molecular weight excluding hydrogens is 322 g/mol. The molecule has 0 saturated heterocycles. The number of rotatable bonds is 2. The molecule has 1 N–H and O–H groups in total. The minimum atomic E-state index is -4.88. The third-order valence-electron chi connectivity index (χ3n) is 3.43. The summed E-state index contributed by atoms with van der Waals surface area (Å²) in [4.78, 5) is 0. The Kier molecular flexibility index (Phi) is 4.43. The third kappa shape index (κ3) is 3.85. The molecule has 7 heteroatoms. The fourth-order valence-electron chi connectivity index (χ4n) is 2.17. The van der Waals surface area contributed by atoms with Gasteiger partial charge < -0.3 is 5.11 Å². The van der Waals surface area contributed by atoms with Gasteiger partial charge in [-0.3, -0.25) is 0 Å². The van der Waals surface area contributed by atoms with E-state index in [1.807, 2.05) is 0 Å². The first-order valence-corrected chi connectivity index (χ1v) is 6.52. The Bertz CT molecular complexity index is 683. The van der Waals surface area contributed by atoms with E-state index in [1.165, 1.54) is 18.2 Å². The van der Waals surface area contributed by atoms with Gasteiger partial charge >= 0.3 is 12.4 Å². The van der Waals surface area contributed by atoms with Crippen molar-refractivity contribution in [1.82, 2.24) is 0 Å². The molecule has 2 aromatic carbocycles. The Morgan fingerprint density at radius 1 is 0.783 bits per heavy atom. The highest BCUT2D eigenvalue weighted by Gasteiger charge is 2.37. The predicted molar refractivity (Wildman–Crippen MR) is 72.5 cm³/mol. The molecule has 0 aliphatic heterocycles. The largest absolute Gasteiger partial charge is 0.416 e. The first kappa shape index (κ1) is 17.3. The van der Waals surface area contributed by atoms with E-state index in [-0.39, 0.29) is 23.8 Å². The Labute approximate surface area is 128 Å². The summed E-state index contributed by atoms with van der Waals surface area (Å²) in [6.07, 6.45) is -9.76. The van der Waals surface area contributed by atoms with Crippen molar-refractivity contribution in [3.8, 4) is 11.1 Å². The minimum absolute atomic E-state index is 0.0957. The molecule has 0 atom stereocenters. The highest BCUT2D eigenvalue weighted by Crippen LogP contribution is 2.38. The lowest BCUT2D eigenvalue weighted by atomic mass is 9.96. The van der Waals surface area contributed by atoms with Crippen LogP contribution in [0.1, 0.15) is 22.3 Å². The molecule has 0 aliphatic carbocycles. The van der Waals surface area contributed by atoms with Gasteiger partial charge in [0.15, 0.2) is 0 Å². The number of hydrogen-bond acceptors (Lipinski definition) is 1. The zero-order valence-electron chi connectivity index (χ0n) is 11.9. The van der Waals surface area contributed by atoms with Crippen molar-refractivity contribution in [2.75, 3.05) is 0 Å². The molecule has 0 bridgehead atoms. The molecule has 0 spiro atoms. The number of hydrogen-bond donors (Lipinski definition) is 1. The van der Waals surface area contributed by atoms with Crippen molar-refractivity contribution < 1.29 is 31.4 Å². The Balaban J connectivity index is 2.64. The second-order valence-electron chi connectivity index (χ2n) is 5.09. The van der Waals surface area contributed by atoms with E-state index >= 15 is 0 Å². The molecule has 0 heterocycles. The van der Waals surface area contributed by atoms with Crippen LogP contribution in [0.3, 0.4) is 0 Å². The predicted octanol–water partition coefficient (Wildman–Crippen LogP) is 5.19. The third-order valence-corrected chi connectivity index (χ3v) is 3.43. The van der Waals surface area contributed by atoms with E-state index in [0.29, 0.717) is 23.3 Å². The van der Waals surface area contributed by atoms with E-state index in [9.17, 15) is 26.3 Å². The highest BCUT2D eigenvalue weighted by atomic mass is 19.4. The van der Waals surface area contributed by atoms with Crippen LogP contribution in [0.5, 0.6) is 0 Å². The number of aliphatic hydroxyl groups is 1. The molecule has 124 valence electrons. The molecule has 0 aliphatic rings. The van der Waals surface area contributed by atoms with Crippen LogP contribution in [0.2, 0.25) is 0 Å². The van der Waals surface area contributed by atoms with Crippen molar-refractivity contribution in [2.24, 2.45) is 0 Å². The first-order chi connectivity index (χ1) is 10.5.